The maximum atomic E-state index is 13.3. The summed E-state index contributed by atoms with van der Waals surface area (Å²) in [6, 6.07) is 12.3. The van der Waals surface area contributed by atoms with E-state index in [2.05, 4.69) is 27.9 Å². The van der Waals surface area contributed by atoms with Crippen LogP contribution in [0.5, 0.6) is 11.5 Å². The average Bonchev–Trinajstić information content (AvgIpc) is 2.83. The SMILES string of the molecule is CCOc1cc(/C=C2\C(=O)NC(=O)N(c3ccc(F)cc3)C2=O)cc(I)c1OCc1ccc(Cl)cc1Cl. The van der Waals surface area contributed by atoms with E-state index >= 15 is 0 Å². The molecule has 3 aromatic rings. The molecule has 4 rings (SSSR count). The van der Waals surface area contributed by atoms with Gasteiger partial charge in [-0.3, -0.25) is 14.9 Å². The van der Waals surface area contributed by atoms with Crippen LogP contribution in [0.2, 0.25) is 10.0 Å². The number of halogens is 4. The molecule has 0 spiro atoms. The van der Waals surface area contributed by atoms with Crippen molar-refractivity contribution in [3.8, 4) is 11.5 Å². The van der Waals surface area contributed by atoms with Gasteiger partial charge in [0.1, 0.15) is 18.0 Å². The summed E-state index contributed by atoms with van der Waals surface area (Å²) in [5, 5.41) is 3.11. The molecule has 1 saturated heterocycles. The number of barbiturate groups is 1. The van der Waals surface area contributed by atoms with E-state index in [9.17, 15) is 18.8 Å². The summed E-state index contributed by atoms with van der Waals surface area (Å²) in [6.07, 6.45) is 1.35. The van der Waals surface area contributed by atoms with Crippen molar-refractivity contribution in [3.05, 3.63) is 90.7 Å². The zero-order chi connectivity index (χ0) is 26.7. The van der Waals surface area contributed by atoms with Crippen LogP contribution in [0.3, 0.4) is 0 Å². The number of imide groups is 2. The van der Waals surface area contributed by atoms with Crippen LogP contribution < -0.4 is 19.7 Å². The minimum atomic E-state index is -0.923. The number of carbonyl (C=O) groups is 3. The molecule has 3 aromatic carbocycles. The number of benzene rings is 3. The van der Waals surface area contributed by atoms with E-state index < -0.39 is 23.7 Å². The maximum Gasteiger partial charge on any atom is 0.335 e. The number of nitrogens with one attached hydrogen (secondary N) is 1. The number of anilines is 1. The van der Waals surface area contributed by atoms with Crippen LogP contribution in [-0.2, 0) is 16.2 Å². The van der Waals surface area contributed by atoms with Gasteiger partial charge >= 0.3 is 6.03 Å². The molecular weight excluding hydrogens is 637 g/mol. The average molecular weight is 655 g/mol. The van der Waals surface area contributed by atoms with Gasteiger partial charge in [-0.25, -0.2) is 14.1 Å². The predicted molar refractivity (Wildman–Crippen MR) is 147 cm³/mol. The third kappa shape index (κ3) is 6.06. The lowest BCUT2D eigenvalue weighted by molar-refractivity contribution is -0.122. The summed E-state index contributed by atoms with van der Waals surface area (Å²) in [5.41, 5.74) is 1.04. The van der Waals surface area contributed by atoms with Gasteiger partial charge in [0, 0.05) is 15.6 Å². The molecule has 1 aliphatic heterocycles. The second-order valence-corrected chi connectivity index (χ2v) is 9.73. The molecule has 0 aliphatic carbocycles. The zero-order valence-electron chi connectivity index (χ0n) is 19.2. The lowest BCUT2D eigenvalue weighted by Crippen LogP contribution is -2.54. The molecule has 1 N–H and O–H groups in total. The summed E-state index contributed by atoms with van der Waals surface area (Å²) in [7, 11) is 0. The van der Waals surface area contributed by atoms with Gasteiger partial charge in [-0.15, -0.1) is 0 Å². The van der Waals surface area contributed by atoms with Crippen molar-refractivity contribution in [2.45, 2.75) is 13.5 Å². The van der Waals surface area contributed by atoms with Crippen LogP contribution in [0.15, 0.2) is 60.2 Å². The number of carbonyl (C=O) groups excluding carboxylic acids is 3. The monoisotopic (exact) mass is 654 g/mol. The summed E-state index contributed by atoms with van der Waals surface area (Å²) in [6.45, 7) is 2.30. The Morgan fingerprint density at radius 1 is 1.03 bits per heavy atom. The van der Waals surface area contributed by atoms with E-state index in [0.717, 1.165) is 22.6 Å². The van der Waals surface area contributed by atoms with Crippen molar-refractivity contribution in [2.75, 3.05) is 11.5 Å². The first-order valence-electron chi connectivity index (χ1n) is 10.9. The van der Waals surface area contributed by atoms with Crippen molar-refractivity contribution < 1.29 is 28.2 Å². The molecule has 0 unspecified atom stereocenters. The van der Waals surface area contributed by atoms with Gasteiger partial charge in [-0.2, -0.15) is 0 Å². The summed E-state index contributed by atoms with van der Waals surface area (Å²) >= 11 is 14.3. The minimum Gasteiger partial charge on any atom is -0.490 e. The van der Waals surface area contributed by atoms with Crippen LogP contribution in [0.4, 0.5) is 14.9 Å². The zero-order valence-corrected chi connectivity index (χ0v) is 22.9. The molecule has 11 heteroatoms. The second kappa shape index (κ2) is 11.5. The van der Waals surface area contributed by atoms with Gasteiger partial charge in [0.05, 0.1) is 15.9 Å². The molecule has 0 bridgehead atoms. The molecule has 37 heavy (non-hydrogen) atoms. The number of urea groups is 1. The Morgan fingerprint density at radius 3 is 2.43 bits per heavy atom. The van der Waals surface area contributed by atoms with Crippen molar-refractivity contribution in [1.82, 2.24) is 5.32 Å². The highest BCUT2D eigenvalue weighted by atomic mass is 127. The summed E-state index contributed by atoms with van der Waals surface area (Å²) in [4.78, 5) is 38.8. The molecule has 4 amide bonds. The van der Waals surface area contributed by atoms with Gasteiger partial charge in [-0.1, -0.05) is 29.3 Å². The largest absolute Gasteiger partial charge is 0.490 e. The Morgan fingerprint density at radius 2 is 1.76 bits per heavy atom. The fraction of sp³-hybridized carbons (Fsp3) is 0.115. The van der Waals surface area contributed by atoms with Crippen molar-refractivity contribution in [3.63, 3.8) is 0 Å². The molecular formula is C26H18Cl2FIN2O5. The van der Waals surface area contributed by atoms with Crippen LogP contribution in [0.25, 0.3) is 6.08 Å². The first-order chi connectivity index (χ1) is 17.7. The Bertz CT molecular complexity index is 1430. The van der Waals surface area contributed by atoms with Crippen molar-refractivity contribution in [1.29, 1.82) is 0 Å². The van der Waals surface area contributed by atoms with Gasteiger partial charge in [0.2, 0.25) is 0 Å². The number of hydrogen-bond acceptors (Lipinski definition) is 5. The highest BCUT2D eigenvalue weighted by Crippen LogP contribution is 2.36. The van der Waals surface area contributed by atoms with Crippen molar-refractivity contribution >= 4 is 75.4 Å². The van der Waals surface area contributed by atoms with Crippen LogP contribution >= 0.6 is 45.8 Å². The molecule has 0 aromatic heterocycles. The number of rotatable bonds is 7. The molecule has 1 aliphatic rings. The van der Waals surface area contributed by atoms with E-state index in [4.69, 9.17) is 32.7 Å². The molecule has 190 valence electrons. The van der Waals surface area contributed by atoms with Gasteiger partial charge in [0.15, 0.2) is 11.5 Å². The number of nitrogens with zero attached hydrogens (tertiary/aromatic N) is 1. The highest BCUT2D eigenvalue weighted by molar-refractivity contribution is 14.1. The van der Waals surface area contributed by atoms with E-state index in [1.165, 1.54) is 18.2 Å². The lowest BCUT2D eigenvalue weighted by atomic mass is 10.1. The fourth-order valence-electron chi connectivity index (χ4n) is 3.51. The smallest absolute Gasteiger partial charge is 0.335 e. The minimum absolute atomic E-state index is 0.122. The third-order valence-electron chi connectivity index (χ3n) is 5.22. The predicted octanol–water partition coefficient (Wildman–Crippen LogP) is 6.38. The highest BCUT2D eigenvalue weighted by Gasteiger charge is 2.37. The van der Waals surface area contributed by atoms with E-state index in [1.54, 1.807) is 30.3 Å². The first-order valence-corrected chi connectivity index (χ1v) is 12.7. The standard InChI is InChI=1S/C26H18Cl2FIN2O5/c1-2-36-22-11-14(10-21(30)23(22)37-13-15-3-4-16(27)12-20(15)28)9-19-24(33)31-26(35)32(25(19)34)18-7-5-17(29)6-8-18/h3-12H,2,13H2,1H3,(H,31,33,35)/b19-9+. The lowest BCUT2D eigenvalue weighted by Gasteiger charge is -2.26. The van der Waals surface area contributed by atoms with E-state index in [0.29, 0.717) is 37.3 Å². The van der Waals surface area contributed by atoms with E-state index in [-0.39, 0.29) is 17.9 Å². The molecule has 0 radical (unpaired) electrons. The molecule has 0 saturated carbocycles. The van der Waals surface area contributed by atoms with Gasteiger partial charge in [-0.05, 0) is 89.7 Å². The number of ether oxygens (including phenoxy) is 2. The molecule has 1 fully saturated rings. The Hall–Kier alpha value is -3.15. The summed E-state index contributed by atoms with van der Waals surface area (Å²) in [5.74, 6) is -1.37. The van der Waals surface area contributed by atoms with Crippen LogP contribution in [0.1, 0.15) is 18.1 Å². The number of amides is 4. The topological polar surface area (TPSA) is 84.9 Å². The Kier molecular flexibility index (Phi) is 8.35. The number of hydrogen-bond donors (Lipinski definition) is 1. The van der Waals surface area contributed by atoms with Crippen LogP contribution in [-0.4, -0.2) is 24.5 Å². The van der Waals surface area contributed by atoms with E-state index in [1.807, 2.05) is 6.92 Å². The van der Waals surface area contributed by atoms with Crippen molar-refractivity contribution in [2.24, 2.45) is 0 Å². The summed E-state index contributed by atoms with van der Waals surface area (Å²) < 4.78 is 25.7. The second-order valence-electron chi connectivity index (χ2n) is 7.72. The quantitative estimate of drug-likeness (QED) is 0.182. The van der Waals surface area contributed by atoms with Gasteiger partial charge in [0.25, 0.3) is 11.8 Å². The normalized spacial score (nSPS) is 14.7. The molecule has 1 heterocycles. The van der Waals surface area contributed by atoms with Crippen LogP contribution in [0, 0.1) is 9.39 Å². The third-order valence-corrected chi connectivity index (χ3v) is 6.60. The molecule has 7 nitrogen and oxygen atoms in total. The van der Waals surface area contributed by atoms with Gasteiger partial charge < -0.3 is 9.47 Å². The maximum absolute atomic E-state index is 13.3. The fourth-order valence-corrected chi connectivity index (χ4v) is 4.76. The Labute approximate surface area is 235 Å². The Balaban J connectivity index is 1.66. The first kappa shape index (κ1) is 26.9. The molecule has 0 atom stereocenters.